The number of amides is 1. The summed E-state index contributed by atoms with van der Waals surface area (Å²) < 4.78 is 5.16. The molecule has 0 radical (unpaired) electrons. The van der Waals surface area contributed by atoms with E-state index in [-0.39, 0.29) is 5.91 Å². The minimum absolute atomic E-state index is 0.195. The maximum Gasteiger partial charge on any atom is 0.228 e. The molecule has 18 heavy (non-hydrogen) atoms. The van der Waals surface area contributed by atoms with Gasteiger partial charge in [-0.1, -0.05) is 17.3 Å². The highest BCUT2D eigenvalue weighted by atomic mass is 16.5. The number of carbonyl (C=O) groups is 1. The molecule has 1 aliphatic rings. The van der Waals surface area contributed by atoms with Gasteiger partial charge < -0.3 is 9.42 Å². The highest BCUT2D eigenvalue weighted by Gasteiger charge is 2.25. The predicted octanol–water partition coefficient (Wildman–Crippen LogP) is 2.70. The van der Waals surface area contributed by atoms with Crippen molar-refractivity contribution in [1.82, 2.24) is 5.16 Å². The average Bonchev–Trinajstić information content (AvgIpc) is 2.69. The van der Waals surface area contributed by atoms with Crippen molar-refractivity contribution in [2.45, 2.75) is 20.3 Å². The van der Waals surface area contributed by atoms with Crippen LogP contribution in [0.5, 0.6) is 0 Å². The van der Waals surface area contributed by atoms with Crippen molar-refractivity contribution < 1.29 is 9.32 Å². The molecule has 0 aliphatic carbocycles. The van der Waals surface area contributed by atoms with E-state index in [4.69, 9.17) is 4.52 Å². The molecule has 0 N–H and O–H groups in total. The summed E-state index contributed by atoms with van der Waals surface area (Å²) in [7, 11) is 0. The third-order valence-corrected chi connectivity index (χ3v) is 3.35. The van der Waals surface area contributed by atoms with Gasteiger partial charge in [0.2, 0.25) is 5.91 Å². The lowest BCUT2D eigenvalue weighted by atomic mass is 10.0. The van der Waals surface area contributed by atoms with Gasteiger partial charge in [-0.15, -0.1) is 0 Å². The van der Waals surface area contributed by atoms with E-state index in [0.717, 1.165) is 34.8 Å². The van der Waals surface area contributed by atoms with E-state index < -0.39 is 0 Å². The summed E-state index contributed by atoms with van der Waals surface area (Å²) in [5, 5.41) is 3.95. The van der Waals surface area contributed by atoms with Crippen LogP contribution in [0, 0.1) is 13.8 Å². The number of nitrogens with zero attached hydrogens (tertiary/aromatic N) is 2. The number of aromatic nitrogens is 1. The van der Waals surface area contributed by atoms with Gasteiger partial charge in [0.1, 0.15) is 5.76 Å². The van der Waals surface area contributed by atoms with Crippen molar-refractivity contribution in [1.29, 1.82) is 0 Å². The Balaban J connectivity index is 1.94. The summed E-state index contributed by atoms with van der Waals surface area (Å²) in [5.41, 5.74) is 3.96. The lowest BCUT2D eigenvalue weighted by Crippen LogP contribution is -2.43. The monoisotopic (exact) mass is 242 g/mol. The van der Waals surface area contributed by atoms with Gasteiger partial charge >= 0.3 is 0 Å². The van der Waals surface area contributed by atoms with Crippen molar-refractivity contribution in [3.05, 3.63) is 35.7 Å². The summed E-state index contributed by atoms with van der Waals surface area (Å²) in [6, 6.07) is 7.96. The maximum absolute atomic E-state index is 11.4. The van der Waals surface area contributed by atoms with Crippen molar-refractivity contribution in [3.8, 4) is 11.1 Å². The molecule has 2 aromatic rings. The molecule has 1 amide bonds. The number of rotatable bonds is 2. The fourth-order valence-corrected chi connectivity index (χ4v) is 2.29. The third kappa shape index (κ3) is 1.61. The van der Waals surface area contributed by atoms with E-state index >= 15 is 0 Å². The molecule has 1 fully saturated rings. The molecule has 92 valence electrons. The molecule has 0 saturated carbocycles. The summed E-state index contributed by atoms with van der Waals surface area (Å²) in [6.45, 7) is 4.66. The Kier molecular flexibility index (Phi) is 2.44. The first kappa shape index (κ1) is 11.0. The molecule has 0 spiro atoms. The fourth-order valence-electron chi connectivity index (χ4n) is 2.29. The number of aryl methyl sites for hydroxylation is 2. The number of hydrogen-bond acceptors (Lipinski definition) is 3. The third-order valence-electron chi connectivity index (χ3n) is 3.35. The highest BCUT2D eigenvalue weighted by molar-refractivity contribution is 5.99. The zero-order chi connectivity index (χ0) is 12.7. The standard InChI is InChI=1S/C14H14N2O2/c1-9-14(10(2)18-15-9)11-3-5-12(6-4-11)16-8-7-13(16)17/h3-6H,7-8H2,1-2H3. The first-order valence-electron chi connectivity index (χ1n) is 6.00. The zero-order valence-corrected chi connectivity index (χ0v) is 10.4. The predicted molar refractivity (Wildman–Crippen MR) is 68.4 cm³/mol. The van der Waals surface area contributed by atoms with Crippen LogP contribution in [-0.2, 0) is 4.79 Å². The first-order valence-corrected chi connectivity index (χ1v) is 6.00. The number of anilines is 1. The van der Waals surface area contributed by atoms with Crippen molar-refractivity contribution in [3.63, 3.8) is 0 Å². The van der Waals surface area contributed by atoms with E-state index in [1.54, 1.807) is 4.90 Å². The first-order chi connectivity index (χ1) is 8.66. The van der Waals surface area contributed by atoms with E-state index in [0.29, 0.717) is 6.42 Å². The Morgan fingerprint density at radius 3 is 2.39 bits per heavy atom. The number of carbonyl (C=O) groups excluding carboxylic acids is 1. The summed E-state index contributed by atoms with van der Waals surface area (Å²) in [5.74, 6) is 1.01. The van der Waals surface area contributed by atoms with Crippen LogP contribution in [0.25, 0.3) is 11.1 Å². The SMILES string of the molecule is Cc1noc(C)c1-c1ccc(N2CCC2=O)cc1. The highest BCUT2D eigenvalue weighted by Crippen LogP contribution is 2.29. The second-order valence-electron chi connectivity index (χ2n) is 4.54. The molecule has 4 nitrogen and oxygen atoms in total. The van der Waals surface area contributed by atoms with E-state index in [9.17, 15) is 4.79 Å². The van der Waals surface area contributed by atoms with Crippen LogP contribution in [0.3, 0.4) is 0 Å². The van der Waals surface area contributed by atoms with Crippen LogP contribution < -0.4 is 4.90 Å². The Bertz CT molecular complexity index is 579. The van der Waals surface area contributed by atoms with Crippen LogP contribution in [0.1, 0.15) is 17.9 Å². The Hall–Kier alpha value is -2.10. The van der Waals surface area contributed by atoms with E-state index in [2.05, 4.69) is 5.16 Å². The molecule has 3 rings (SSSR count). The normalized spacial score (nSPS) is 14.8. The second-order valence-corrected chi connectivity index (χ2v) is 4.54. The van der Waals surface area contributed by atoms with Gasteiger partial charge in [0.15, 0.2) is 0 Å². The van der Waals surface area contributed by atoms with Crippen molar-refractivity contribution >= 4 is 11.6 Å². The van der Waals surface area contributed by atoms with Crippen LogP contribution in [-0.4, -0.2) is 17.6 Å². The molecule has 1 saturated heterocycles. The maximum atomic E-state index is 11.4. The van der Waals surface area contributed by atoms with Crippen LogP contribution >= 0.6 is 0 Å². The van der Waals surface area contributed by atoms with Gasteiger partial charge in [0.05, 0.1) is 5.69 Å². The van der Waals surface area contributed by atoms with Crippen LogP contribution in [0.2, 0.25) is 0 Å². The lowest BCUT2D eigenvalue weighted by molar-refractivity contribution is -0.122. The second kappa shape index (κ2) is 3.98. The lowest BCUT2D eigenvalue weighted by Gasteiger charge is -2.30. The van der Waals surface area contributed by atoms with Gasteiger partial charge in [-0.05, 0) is 31.5 Å². The molecule has 2 heterocycles. The van der Waals surface area contributed by atoms with Gasteiger partial charge in [-0.2, -0.15) is 0 Å². The molecule has 0 unspecified atom stereocenters. The zero-order valence-electron chi connectivity index (χ0n) is 10.4. The molecular formula is C14H14N2O2. The average molecular weight is 242 g/mol. The van der Waals surface area contributed by atoms with Crippen LogP contribution in [0.15, 0.2) is 28.8 Å². The minimum Gasteiger partial charge on any atom is -0.361 e. The van der Waals surface area contributed by atoms with Gasteiger partial charge in [0.25, 0.3) is 0 Å². The fraction of sp³-hybridized carbons (Fsp3) is 0.286. The molecular weight excluding hydrogens is 228 g/mol. The largest absolute Gasteiger partial charge is 0.361 e. The summed E-state index contributed by atoms with van der Waals surface area (Å²) >= 11 is 0. The molecule has 0 atom stereocenters. The Morgan fingerprint density at radius 1 is 1.22 bits per heavy atom. The molecule has 4 heteroatoms. The van der Waals surface area contributed by atoms with Crippen molar-refractivity contribution in [2.24, 2.45) is 0 Å². The quantitative estimate of drug-likeness (QED) is 0.761. The molecule has 1 aliphatic heterocycles. The smallest absolute Gasteiger partial charge is 0.228 e. The summed E-state index contributed by atoms with van der Waals surface area (Å²) in [6.07, 6.45) is 0.658. The summed E-state index contributed by atoms with van der Waals surface area (Å²) in [4.78, 5) is 13.1. The Labute approximate surface area is 105 Å². The van der Waals surface area contributed by atoms with Gasteiger partial charge in [-0.25, -0.2) is 0 Å². The number of hydrogen-bond donors (Lipinski definition) is 0. The van der Waals surface area contributed by atoms with Crippen LogP contribution in [0.4, 0.5) is 5.69 Å². The van der Waals surface area contributed by atoms with E-state index in [1.165, 1.54) is 0 Å². The molecule has 1 aromatic heterocycles. The molecule has 0 bridgehead atoms. The number of benzene rings is 1. The van der Waals surface area contributed by atoms with Gasteiger partial charge in [-0.3, -0.25) is 4.79 Å². The topological polar surface area (TPSA) is 46.3 Å². The van der Waals surface area contributed by atoms with E-state index in [1.807, 2.05) is 38.1 Å². The number of β-lactam (4-membered cyclic amide) rings is 1. The Morgan fingerprint density at radius 2 is 1.94 bits per heavy atom. The minimum atomic E-state index is 0.195. The molecule has 1 aromatic carbocycles. The van der Waals surface area contributed by atoms with Crippen molar-refractivity contribution in [2.75, 3.05) is 11.4 Å². The van der Waals surface area contributed by atoms with Gasteiger partial charge in [0, 0.05) is 24.2 Å².